The first-order chi connectivity index (χ1) is 15.0. The Morgan fingerprint density at radius 2 is 1.81 bits per heavy atom. The number of halogens is 1. The molecule has 2 fully saturated rings. The number of hydrogen-bond donors (Lipinski definition) is 0. The summed E-state index contributed by atoms with van der Waals surface area (Å²) >= 11 is 0. The lowest BCUT2D eigenvalue weighted by atomic mass is 10.2. The Morgan fingerprint density at radius 3 is 2.42 bits per heavy atom. The highest BCUT2D eigenvalue weighted by atomic mass is 19.1. The van der Waals surface area contributed by atoms with Gasteiger partial charge in [0, 0.05) is 25.6 Å². The van der Waals surface area contributed by atoms with Gasteiger partial charge in [-0.1, -0.05) is 12.1 Å². The van der Waals surface area contributed by atoms with Crippen LogP contribution >= 0.6 is 0 Å². The van der Waals surface area contributed by atoms with Gasteiger partial charge in [0.15, 0.2) is 0 Å². The minimum atomic E-state index is -0.318. The molecule has 6 nitrogen and oxygen atoms in total. The number of amides is 2. The fraction of sp³-hybridized carbons (Fsp3) is 0.500. The molecule has 1 aromatic carbocycles. The number of carbonyl (C=O) groups is 2. The molecule has 4 rings (SSSR count). The highest BCUT2D eigenvalue weighted by Crippen LogP contribution is 2.31. The zero-order chi connectivity index (χ0) is 21.8. The minimum Gasteiger partial charge on any atom is -0.464 e. The van der Waals surface area contributed by atoms with Gasteiger partial charge in [-0.05, 0) is 62.4 Å². The number of aryl methyl sites for hydroxylation is 1. The lowest BCUT2D eigenvalue weighted by Gasteiger charge is -2.29. The molecule has 1 aliphatic heterocycles. The molecule has 1 aliphatic carbocycles. The van der Waals surface area contributed by atoms with E-state index in [1.54, 1.807) is 21.9 Å². The Hall–Kier alpha value is -2.67. The second-order valence-corrected chi connectivity index (χ2v) is 8.52. The Morgan fingerprint density at radius 1 is 1.03 bits per heavy atom. The zero-order valence-corrected chi connectivity index (χ0v) is 17.9. The highest BCUT2D eigenvalue weighted by Gasteiger charge is 2.36. The molecule has 1 atom stereocenters. The van der Waals surface area contributed by atoms with Crippen molar-refractivity contribution in [2.75, 3.05) is 19.7 Å². The SMILES string of the molecule is Cc1ccc(CN(Cc2ccc(F)cc2)C(=O)CN(CC2CCCO2)C(=O)C2CC2)o1. The van der Waals surface area contributed by atoms with Gasteiger partial charge in [-0.25, -0.2) is 4.39 Å². The molecule has 31 heavy (non-hydrogen) atoms. The number of nitrogens with zero attached hydrogens (tertiary/aromatic N) is 2. The second kappa shape index (κ2) is 9.64. The van der Waals surface area contributed by atoms with Crippen LogP contribution < -0.4 is 0 Å². The number of hydrogen-bond acceptors (Lipinski definition) is 4. The average Bonchev–Trinajstić information content (AvgIpc) is 3.33. The molecule has 2 amide bonds. The maximum atomic E-state index is 13.3. The van der Waals surface area contributed by atoms with E-state index >= 15 is 0 Å². The summed E-state index contributed by atoms with van der Waals surface area (Å²) in [6.45, 7) is 3.62. The molecule has 2 aliphatic rings. The van der Waals surface area contributed by atoms with Gasteiger partial charge < -0.3 is 19.0 Å². The molecule has 0 N–H and O–H groups in total. The lowest BCUT2D eigenvalue weighted by Crippen LogP contribution is -2.45. The minimum absolute atomic E-state index is 0.00577. The number of carbonyl (C=O) groups excluding carboxylic acids is 2. The smallest absolute Gasteiger partial charge is 0.242 e. The molecular formula is C24H29FN2O4. The number of furan rings is 1. The standard InChI is InChI=1S/C24H29FN2O4/c1-17-4-11-22(31-17)15-26(13-18-5-9-20(25)10-6-18)23(28)16-27(24(29)19-7-8-19)14-21-3-2-12-30-21/h4-6,9-11,19,21H,2-3,7-8,12-16H2,1H3. The van der Waals surface area contributed by atoms with E-state index in [4.69, 9.17) is 9.15 Å². The zero-order valence-electron chi connectivity index (χ0n) is 17.9. The summed E-state index contributed by atoms with van der Waals surface area (Å²) in [5.74, 6) is 1.04. The Labute approximate surface area is 182 Å². The van der Waals surface area contributed by atoms with Crippen molar-refractivity contribution in [3.05, 3.63) is 59.3 Å². The van der Waals surface area contributed by atoms with Crippen LogP contribution in [-0.4, -0.2) is 47.4 Å². The first-order valence-electron chi connectivity index (χ1n) is 11.0. The van der Waals surface area contributed by atoms with E-state index < -0.39 is 0 Å². The molecule has 0 radical (unpaired) electrons. The van der Waals surface area contributed by atoms with Gasteiger partial charge in [0.25, 0.3) is 0 Å². The average molecular weight is 429 g/mol. The molecule has 1 saturated heterocycles. The van der Waals surface area contributed by atoms with Crippen molar-refractivity contribution in [2.45, 2.75) is 51.8 Å². The predicted octanol–water partition coefficient (Wildman–Crippen LogP) is 3.67. The number of benzene rings is 1. The summed E-state index contributed by atoms with van der Waals surface area (Å²) in [5.41, 5.74) is 0.817. The molecule has 1 aromatic heterocycles. The van der Waals surface area contributed by atoms with Gasteiger partial charge in [0.1, 0.15) is 17.3 Å². The second-order valence-electron chi connectivity index (χ2n) is 8.52. The molecule has 0 bridgehead atoms. The van der Waals surface area contributed by atoms with Crippen LogP contribution in [0.4, 0.5) is 4.39 Å². The van der Waals surface area contributed by atoms with Crippen molar-refractivity contribution in [3.63, 3.8) is 0 Å². The summed E-state index contributed by atoms with van der Waals surface area (Å²) in [5, 5.41) is 0. The van der Waals surface area contributed by atoms with Crippen LogP contribution in [0.2, 0.25) is 0 Å². The molecular weight excluding hydrogens is 399 g/mol. The number of rotatable bonds is 9. The maximum absolute atomic E-state index is 13.3. The van der Waals surface area contributed by atoms with Crippen molar-refractivity contribution in [2.24, 2.45) is 5.92 Å². The molecule has 166 valence electrons. The molecule has 0 spiro atoms. The topological polar surface area (TPSA) is 63.0 Å². The van der Waals surface area contributed by atoms with Crippen molar-refractivity contribution >= 4 is 11.8 Å². The maximum Gasteiger partial charge on any atom is 0.242 e. The van der Waals surface area contributed by atoms with Crippen molar-refractivity contribution in [3.8, 4) is 0 Å². The van der Waals surface area contributed by atoms with E-state index in [0.29, 0.717) is 25.5 Å². The van der Waals surface area contributed by atoms with Gasteiger partial charge in [-0.15, -0.1) is 0 Å². The third-order valence-electron chi connectivity index (χ3n) is 5.79. The van der Waals surface area contributed by atoms with Crippen molar-refractivity contribution in [1.29, 1.82) is 0 Å². The normalized spacial score (nSPS) is 18.2. The van der Waals surface area contributed by atoms with Gasteiger partial charge in [0.05, 0.1) is 19.2 Å². The van der Waals surface area contributed by atoms with E-state index in [1.165, 1.54) is 12.1 Å². The molecule has 7 heteroatoms. The van der Waals surface area contributed by atoms with Crippen molar-refractivity contribution in [1.82, 2.24) is 9.80 Å². The van der Waals surface area contributed by atoms with Gasteiger partial charge in [-0.2, -0.15) is 0 Å². The van der Waals surface area contributed by atoms with Crippen molar-refractivity contribution < 1.29 is 23.1 Å². The van der Waals surface area contributed by atoms with E-state index in [1.807, 2.05) is 19.1 Å². The van der Waals surface area contributed by atoms with Crippen LogP contribution in [0, 0.1) is 18.7 Å². The van der Waals surface area contributed by atoms with Crippen LogP contribution in [0.5, 0.6) is 0 Å². The Bertz CT molecular complexity index is 901. The summed E-state index contributed by atoms with van der Waals surface area (Å²) < 4.78 is 24.7. The summed E-state index contributed by atoms with van der Waals surface area (Å²) in [6, 6.07) is 9.81. The van der Waals surface area contributed by atoms with Crippen LogP contribution in [-0.2, 0) is 27.4 Å². The van der Waals surface area contributed by atoms with Gasteiger partial charge in [-0.3, -0.25) is 9.59 Å². The monoisotopic (exact) mass is 428 g/mol. The van der Waals surface area contributed by atoms with Crippen LogP contribution in [0.3, 0.4) is 0 Å². The van der Waals surface area contributed by atoms with E-state index in [9.17, 15) is 14.0 Å². The third-order valence-corrected chi connectivity index (χ3v) is 5.79. The fourth-order valence-electron chi connectivity index (χ4n) is 3.92. The van der Waals surface area contributed by atoms with Crippen LogP contribution in [0.1, 0.15) is 42.8 Å². The first-order valence-corrected chi connectivity index (χ1v) is 11.0. The largest absolute Gasteiger partial charge is 0.464 e. The van der Waals surface area contributed by atoms with Gasteiger partial charge >= 0.3 is 0 Å². The van der Waals surface area contributed by atoms with E-state index in [0.717, 1.165) is 37.0 Å². The predicted molar refractivity (Wildman–Crippen MR) is 112 cm³/mol. The summed E-state index contributed by atoms with van der Waals surface area (Å²) in [7, 11) is 0. The third kappa shape index (κ3) is 5.94. The van der Waals surface area contributed by atoms with Gasteiger partial charge in [0.2, 0.25) is 11.8 Å². The quantitative estimate of drug-likeness (QED) is 0.611. The molecule has 1 unspecified atom stereocenters. The fourth-order valence-corrected chi connectivity index (χ4v) is 3.92. The molecule has 1 saturated carbocycles. The molecule has 2 aromatic rings. The summed E-state index contributed by atoms with van der Waals surface area (Å²) in [4.78, 5) is 29.5. The Kier molecular flexibility index (Phi) is 6.70. The molecule has 2 heterocycles. The number of ether oxygens (including phenoxy) is 1. The van der Waals surface area contributed by atoms with E-state index in [2.05, 4.69) is 0 Å². The van der Waals surface area contributed by atoms with E-state index in [-0.39, 0.29) is 42.7 Å². The summed E-state index contributed by atoms with van der Waals surface area (Å²) in [6.07, 6.45) is 3.67. The lowest BCUT2D eigenvalue weighted by molar-refractivity contribution is -0.143. The highest BCUT2D eigenvalue weighted by molar-refractivity contribution is 5.87. The van der Waals surface area contributed by atoms with Crippen LogP contribution in [0.25, 0.3) is 0 Å². The van der Waals surface area contributed by atoms with Crippen LogP contribution in [0.15, 0.2) is 40.8 Å². The first kappa shape index (κ1) is 21.6. The Balaban J connectivity index is 1.49.